The van der Waals surface area contributed by atoms with Crippen LogP contribution in [-0.4, -0.2) is 29.8 Å². The predicted molar refractivity (Wildman–Crippen MR) is 86.5 cm³/mol. The van der Waals surface area contributed by atoms with Gasteiger partial charge in [-0.25, -0.2) is 0 Å². The number of para-hydroxylation sites is 1. The van der Waals surface area contributed by atoms with Crippen LogP contribution in [0.1, 0.15) is 32.3 Å². The van der Waals surface area contributed by atoms with Crippen molar-refractivity contribution in [2.24, 2.45) is 0 Å². The Balaban J connectivity index is 1.84. The van der Waals surface area contributed by atoms with Gasteiger partial charge >= 0.3 is 0 Å². The Bertz CT molecular complexity index is 593. The smallest absolute Gasteiger partial charge is 0.0735 e. The Morgan fingerprint density at radius 3 is 2.90 bits per heavy atom. The van der Waals surface area contributed by atoms with E-state index < -0.39 is 0 Å². The maximum absolute atomic E-state index is 6.08. The highest BCUT2D eigenvalue weighted by Crippen LogP contribution is 2.25. The molecule has 1 N–H and O–H groups in total. The number of hydrogen-bond donors (Lipinski definition) is 1. The van der Waals surface area contributed by atoms with Crippen molar-refractivity contribution >= 4 is 10.9 Å². The lowest BCUT2D eigenvalue weighted by Gasteiger charge is -2.25. The van der Waals surface area contributed by atoms with Crippen LogP contribution in [0.2, 0.25) is 0 Å². The molecule has 1 fully saturated rings. The summed E-state index contributed by atoms with van der Waals surface area (Å²) in [6.07, 6.45) is 5.95. The van der Waals surface area contributed by atoms with Gasteiger partial charge in [-0.15, -0.1) is 0 Å². The third kappa shape index (κ3) is 3.25. The van der Waals surface area contributed by atoms with Gasteiger partial charge in [-0.2, -0.15) is 0 Å². The number of hydrogen-bond acceptors (Lipinski definition) is 3. The lowest BCUT2D eigenvalue weighted by Crippen LogP contribution is -2.41. The topological polar surface area (TPSA) is 34.2 Å². The summed E-state index contributed by atoms with van der Waals surface area (Å²) in [5, 5.41) is 4.87. The minimum Gasteiger partial charge on any atom is -0.374 e. The Labute approximate surface area is 126 Å². The van der Waals surface area contributed by atoms with E-state index in [0.717, 1.165) is 24.9 Å². The van der Waals surface area contributed by atoms with E-state index in [1.807, 2.05) is 12.3 Å². The molecule has 1 aromatic heterocycles. The van der Waals surface area contributed by atoms with E-state index in [-0.39, 0.29) is 0 Å². The Morgan fingerprint density at radius 2 is 2.14 bits per heavy atom. The molecular weight excluding hydrogens is 260 g/mol. The lowest BCUT2D eigenvalue weighted by atomic mass is 9.97. The zero-order valence-electron chi connectivity index (χ0n) is 12.9. The zero-order valence-corrected chi connectivity index (χ0v) is 12.9. The summed E-state index contributed by atoms with van der Waals surface area (Å²) in [4.78, 5) is 4.45. The van der Waals surface area contributed by atoms with Crippen LogP contribution in [0.15, 0.2) is 36.5 Å². The first-order chi connectivity index (χ1) is 10.3. The molecule has 0 amide bonds. The molecule has 1 saturated heterocycles. The summed E-state index contributed by atoms with van der Waals surface area (Å²) in [7, 11) is 0. The van der Waals surface area contributed by atoms with Crippen LogP contribution in [0.25, 0.3) is 10.9 Å². The molecule has 1 aliphatic heterocycles. The van der Waals surface area contributed by atoms with Crippen molar-refractivity contribution in [3.63, 3.8) is 0 Å². The van der Waals surface area contributed by atoms with E-state index in [1.54, 1.807) is 0 Å². The van der Waals surface area contributed by atoms with E-state index in [9.17, 15) is 0 Å². The maximum Gasteiger partial charge on any atom is 0.0735 e. The molecular formula is C18H24N2O. The minimum atomic E-state index is 0.326. The molecule has 112 valence electrons. The van der Waals surface area contributed by atoms with Crippen molar-refractivity contribution in [3.05, 3.63) is 42.1 Å². The number of benzene rings is 1. The second-order valence-corrected chi connectivity index (χ2v) is 5.92. The molecule has 1 aromatic carbocycles. The predicted octanol–water partition coefficient (Wildman–Crippen LogP) is 3.32. The Kier molecular flexibility index (Phi) is 4.51. The van der Waals surface area contributed by atoms with Gasteiger partial charge in [0.2, 0.25) is 0 Å². The van der Waals surface area contributed by atoms with Crippen molar-refractivity contribution in [2.75, 3.05) is 6.54 Å². The molecule has 3 unspecified atom stereocenters. The molecule has 0 bridgehead atoms. The average Bonchev–Trinajstić information content (AvgIpc) is 2.94. The van der Waals surface area contributed by atoms with Crippen LogP contribution in [0.5, 0.6) is 0 Å². The monoisotopic (exact) mass is 284 g/mol. The maximum atomic E-state index is 6.08. The molecule has 2 heterocycles. The van der Waals surface area contributed by atoms with Gasteiger partial charge in [0.25, 0.3) is 0 Å². The number of aromatic nitrogens is 1. The molecule has 0 saturated carbocycles. The molecule has 3 nitrogen and oxygen atoms in total. The SMILES string of the molecule is CCNC(Cc1ccnc2ccccc12)C1CCC(C)O1. The summed E-state index contributed by atoms with van der Waals surface area (Å²) in [6.45, 7) is 5.31. The number of pyridine rings is 1. The fraction of sp³-hybridized carbons (Fsp3) is 0.500. The van der Waals surface area contributed by atoms with Gasteiger partial charge in [0.1, 0.15) is 0 Å². The normalized spacial score (nSPS) is 23.5. The number of likely N-dealkylation sites (N-methyl/N-ethyl adjacent to an activating group) is 1. The summed E-state index contributed by atoms with van der Waals surface area (Å²) in [5.41, 5.74) is 2.43. The first kappa shape index (κ1) is 14.5. The number of nitrogens with one attached hydrogen (secondary N) is 1. The third-order valence-corrected chi connectivity index (χ3v) is 4.36. The number of nitrogens with zero attached hydrogens (tertiary/aromatic N) is 1. The third-order valence-electron chi connectivity index (χ3n) is 4.36. The molecule has 0 radical (unpaired) electrons. The minimum absolute atomic E-state index is 0.326. The standard InChI is InChI=1S/C18H24N2O/c1-3-19-17(18-9-8-13(2)21-18)12-14-10-11-20-16-7-5-4-6-15(14)16/h4-7,10-11,13,17-19H,3,8-9,12H2,1-2H3. The fourth-order valence-corrected chi connectivity index (χ4v) is 3.30. The molecule has 3 rings (SSSR count). The number of ether oxygens (including phenoxy) is 1. The number of fused-ring (bicyclic) bond motifs is 1. The van der Waals surface area contributed by atoms with E-state index in [1.165, 1.54) is 17.4 Å². The summed E-state index contributed by atoms with van der Waals surface area (Å²) < 4.78 is 6.08. The highest BCUT2D eigenvalue weighted by molar-refractivity contribution is 5.81. The van der Waals surface area contributed by atoms with Crippen molar-refractivity contribution in [1.82, 2.24) is 10.3 Å². The average molecular weight is 284 g/mol. The van der Waals surface area contributed by atoms with Gasteiger partial charge in [-0.1, -0.05) is 25.1 Å². The molecule has 3 heteroatoms. The quantitative estimate of drug-likeness (QED) is 0.914. The second-order valence-electron chi connectivity index (χ2n) is 5.92. The highest BCUT2D eigenvalue weighted by Gasteiger charge is 2.29. The van der Waals surface area contributed by atoms with Crippen LogP contribution in [-0.2, 0) is 11.2 Å². The van der Waals surface area contributed by atoms with E-state index in [4.69, 9.17) is 4.74 Å². The first-order valence-electron chi connectivity index (χ1n) is 7.99. The Hall–Kier alpha value is -1.45. The lowest BCUT2D eigenvalue weighted by molar-refractivity contribution is 0.0325. The second kappa shape index (κ2) is 6.54. The largest absolute Gasteiger partial charge is 0.374 e. The highest BCUT2D eigenvalue weighted by atomic mass is 16.5. The van der Waals surface area contributed by atoms with Crippen LogP contribution in [0.4, 0.5) is 0 Å². The van der Waals surface area contributed by atoms with Gasteiger partial charge in [0, 0.05) is 17.6 Å². The van der Waals surface area contributed by atoms with Crippen molar-refractivity contribution < 1.29 is 4.74 Å². The van der Waals surface area contributed by atoms with Crippen LogP contribution >= 0.6 is 0 Å². The molecule has 21 heavy (non-hydrogen) atoms. The van der Waals surface area contributed by atoms with Crippen LogP contribution in [0, 0.1) is 0 Å². The zero-order chi connectivity index (χ0) is 14.7. The van der Waals surface area contributed by atoms with Gasteiger partial charge in [-0.3, -0.25) is 4.98 Å². The molecule has 1 aliphatic rings. The van der Waals surface area contributed by atoms with Crippen molar-refractivity contribution in [1.29, 1.82) is 0 Å². The van der Waals surface area contributed by atoms with Crippen molar-refractivity contribution in [2.45, 2.75) is 51.4 Å². The first-order valence-corrected chi connectivity index (χ1v) is 7.99. The molecule has 2 aromatic rings. The van der Waals surface area contributed by atoms with Crippen molar-refractivity contribution in [3.8, 4) is 0 Å². The van der Waals surface area contributed by atoms with Gasteiger partial charge < -0.3 is 10.1 Å². The van der Waals surface area contributed by atoms with E-state index in [2.05, 4.69) is 48.4 Å². The van der Waals surface area contributed by atoms with E-state index in [0.29, 0.717) is 18.2 Å². The van der Waals surface area contributed by atoms with E-state index >= 15 is 0 Å². The molecule has 3 atom stereocenters. The van der Waals surface area contributed by atoms with Crippen LogP contribution in [0.3, 0.4) is 0 Å². The fourth-order valence-electron chi connectivity index (χ4n) is 3.30. The van der Waals surface area contributed by atoms with Gasteiger partial charge in [-0.05, 0) is 50.4 Å². The van der Waals surface area contributed by atoms with Crippen LogP contribution < -0.4 is 5.32 Å². The van der Waals surface area contributed by atoms with Gasteiger partial charge in [0.05, 0.1) is 17.7 Å². The summed E-state index contributed by atoms with van der Waals surface area (Å²) in [6, 6.07) is 10.9. The Morgan fingerprint density at radius 1 is 1.29 bits per heavy atom. The molecule has 0 spiro atoms. The number of rotatable bonds is 5. The summed E-state index contributed by atoms with van der Waals surface area (Å²) >= 11 is 0. The van der Waals surface area contributed by atoms with Gasteiger partial charge in [0.15, 0.2) is 0 Å². The summed E-state index contributed by atoms with van der Waals surface area (Å²) in [5.74, 6) is 0. The molecule has 0 aliphatic carbocycles.